The molecule has 0 radical (unpaired) electrons. The van der Waals surface area contributed by atoms with Crippen molar-refractivity contribution in [2.45, 2.75) is 44.6 Å². The maximum absolute atomic E-state index is 10.3. The quantitative estimate of drug-likeness (QED) is 0.867. The van der Waals surface area contributed by atoms with E-state index < -0.39 is 0 Å². The predicted molar refractivity (Wildman–Crippen MR) is 67.3 cm³/mol. The third-order valence-electron chi connectivity index (χ3n) is 4.43. The van der Waals surface area contributed by atoms with Crippen LogP contribution in [0.15, 0.2) is 24.3 Å². The van der Waals surface area contributed by atoms with Crippen LogP contribution in [-0.4, -0.2) is 17.8 Å². The van der Waals surface area contributed by atoms with Crippen molar-refractivity contribution in [3.8, 4) is 5.75 Å². The third kappa shape index (κ3) is 2.06. The second-order valence-electron chi connectivity index (χ2n) is 5.78. The van der Waals surface area contributed by atoms with E-state index in [1.54, 1.807) is 0 Å². The number of fused-ring (bicyclic) bond motifs is 1. The minimum atomic E-state index is -0.154. The monoisotopic (exact) mass is 232 g/mol. The molecule has 2 aliphatic rings. The second-order valence-corrected chi connectivity index (χ2v) is 5.78. The molecule has 2 nitrogen and oxygen atoms in total. The van der Waals surface area contributed by atoms with Gasteiger partial charge < -0.3 is 9.84 Å². The zero-order chi connectivity index (χ0) is 11.9. The lowest BCUT2D eigenvalue weighted by molar-refractivity contribution is 0.0808. The van der Waals surface area contributed by atoms with Gasteiger partial charge in [-0.25, -0.2) is 0 Å². The molecule has 1 fully saturated rings. The Labute approximate surface area is 103 Å². The summed E-state index contributed by atoms with van der Waals surface area (Å²) in [5.41, 5.74) is 1.48. The molecule has 0 spiro atoms. The molecule has 17 heavy (non-hydrogen) atoms. The van der Waals surface area contributed by atoms with Gasteiger partial charge in [0.15, 0.2) is 0 Å². The molecule has 0 bridgehead atoms. The lowest BCUT2D eigenvalue weighted by atomic mass is 9.84. The molecule has 1 saturated carbocycles. The summed E-state index contributed by atoms with van der Waals surface area (Å²) >= 11 is 0. The third-order valence-corrected chi connectivity index (χ3v) is 4.43. The van der Waals surface area contributed by atoms with E-state index in [0.29, 0.717) is 5.92 Å². The molecule has 3 rings (SSSR count). The van der Waals surface area contributed by atoms with E-state index in [2.05, 4.69) is 19.1 Å². The first kappa shape index (κ1) is 11.1. The fraction of sp³-hybridized carbons (Fsp3) is 0.600. The molecule has 1 aromatic rings. The van der Waals surface area contributed by atoms with Gasteiger partial charge >= 0.3 is 0 Å². The second kappa shape index (κ2) is 4.02. The van der Waals surface area contributed by atoms with Gasteiger partial charge in [0.2, 0.25) is 0 Å². The SMILES string of the molecule is CC1(C(O)CC2CCOc3ccccc32)CC1. The predicted octanol–water partition coefficient (Wildman–Crippen LogP) is 3.10. The van der Waals surface area contributed by atoms with E-state index in [1.807, 2.05) is 12.1 Å². The van der Waals surface area contributed by atoms with Crippen molar-refractivity contribution in [3.05, 3.63) is 29.8 Å². The molecule has 1 heterocycles. The van der Waals surface area contributed by atoms with Gasteiger partial charge in [0.1, 0.15) is 5.75 Å². The Morgan fingerprint density at radius 2 is 2.18 bits per heavy atom. The Kier molecular flexibility index (Phi) is 2.62. The summed E-state index contributed by atoms with van der Waals surface area (Å²) in [4.78, 5) is 0. The van der Waals surface area contributed by atoms with Crippen LogP contribution in [0.4, 0.5) is 0 Å². The first-order chi connectivity index (χ1) is 8.19. The number of para-hydroxylation sites is 1. The van der Waals surface area contributed by atoms with Gasteiger partial charge in [0.25, 0.3) is 0 Å². The minimum Gasteiger partial charge on any atom is -0.493 e. The van der Waals surface area contributed by atoms with Gasteiger partial charge in [-0.15, -0.1) is 0 Å². The smallest absolute Gasteiger partial charge is 0.122 e. The van der Waals surface area contributed by atoms with Gasteiger partial charge in [0, 0.05) is 0 Å². The highest BCUT2D eigenvalue weighted by Crippen LogP contribution is 2.51. The van der Waals surface area contributed by atoms with Gasteiger partial charge in [-0.1, -0.05) is 25.1 Å². The van der Waals surface area contributed by atoms with Gasteiger partial charge in [-0.3, -0.25) is 0 Å². The summed E-state index contributed by atoms with van der Waals surface area (Å²) in [6.45, 7) is 2.98. The molecular weight excluding hydrogens is 212 g/mol. The van der Waals surface area contributed by atoms with Crippen molar-refractivity contribution in [3.63, 3.8) is 0 Å². The molecule has 2 heteroatoms. The average molecular weight is 232 g/mol. The summed E-state index contributed by atoms with van der Waals surface area (Å²) in [6, 6.07) is 8.25. The number of hydrogen-bond donors (Lipinski definition) is 1. The molecule has 2 atom stereocenters. The molecule has 1 aromatic carbocycles. The Hall–Kier alpha value is -1.02. The van der Waals surface area contributed by atoms with E-state index >= 15 is 0 Å². The van der Waals surface area contributed by atoms with Crippen LogP contribution in [0.25, 0.3) is 0 Å². The fourth-order valence-electron chi connectivity index (χ4n) is 2.75. The molecule has 0 amide bonds. The highest BCUT2D eigenvalue weighted by molar-refractivity contribution is 5.37. The van der Waals surface area contributed by atoms with Crippen molar-refractivity contribution in [2.75, 3.05) is 6.61 Å². The molecule has 92 valence electrons. The van der Waals surface area contributed by atoms with E-state index in [0.717, 1.165) is 25.2 Å². The zero-order valence-corrected chi connectivity index (χ0v) is 10.4. The van der Waals surface area contributed by atoms with Crippen LogP contribution in [0.5, 0.6) is 5.75 Å². The van der Waals surface area contributed by atoms with Crippen LogP contribution >= 0.6 is 0 Å². The van der Waals surface area contributed by atoms with Gasteiger partial charge in [-0.2, -0.15) is 0 Å². The first-order valence-corrected chi connectivity index (χ1v) is 6.59. The van der Waals surface area contributed by atoms with E-state index in [-0.39, 0.29) is 11.5 Å². The summed E-state index contributed by atoms with van der Waals surface area (Å²) in [7, 11) is 0. The van der Waals surface area contributed by atoms with Crippen LogP contribution in [0.1, 0.15) is 44.1 Å². The lowest BCUT2D eigenvalue weighted by Gasteiger charge is -2.29. The lowest BCUT2D eigenvalue weighted by Crippen LogP contribution is -2.24. The van der Waals surface area contributed by atoms with Crippen LogP contribution in [0.2, 0.25) is 0 Å². The minimum absolute atomic E-state index is 0.154. The normalized spacial score (nSPS) is 26.8. The largest absolute Gasteiger partial charge is 0.493 e. The van der Waals surface area contributed by atoms with Crippen LogP contribution in [0, 0.1) is 5.41 Å². The molecule has 0 aromatic heterocycles. The summed E-state index contributed by atoms with van der Waals surface area (Å²) in [5.74, 6) is 1.48. The molecule has 2 unspecified atom stereocenters. The van der Waals surface area contributed by atoms with Crippen molar-refractivity contribution in [1.29, 1.82) is 0 Å². The Morgan fingerprint density at radius 3 is 2.94 bits per heavy atom. The van der Waals surface area contributed by atoms with Crippen LogP contribution in [0.3, 0.4) is 0 Å². The highest BCUT2D eigenvalue weighted by atomic mass is 16.5. The number of rotatable bonds is 3. The van der Waals surface area contributed by atoms with E-state index in [4.69, 9.17) is 4.74 Å². The molecule has 0 saturated heterocycles. The maximum Gasteiger partial charge on any atom is 0.122 e. The van der Waals surface area contributed by atoms with Crippen molar-refractivity contribution < 1.29 is 9.84 Å². The van der Waals surface area contributed by atoms with Crippen LogP contribution < -0.4 is 4.74 Å². The Bertz CT molecular complexity index is 409. The van der Waals surface area contributed by atoms with E-state index in [9.17, 15) is 5.11 Å². The van der Waals surface area contributed by atoms with Gasteiger partial charge in [-0.05, 0) is 48.6 Å². The molecular formula is C15H20O2. The highest BCUT2D eigenvalue weighted by Gasteiger charge is 2.45. The number of hydrogen-bond acceptors (Lipinski definition) is 2. The number of aliphatic hydroxyl groups is 1. The van der Waals surface area contributed by atoms with Crippen molar-refractivity contribution >= 4 is 0 Å². The number of aliphatic hydroxyl groups excluding tert-OH is 1. The van der Waals surface area contributed by atoms with Crippen LogP contribution in [-0.2, 0) is 0 Å². The van der Waals surface area contributed by atoms with Crippen molar-refractivity contribution in [2.24, 2.45) is 5.41 Å². The fourth-order valence-corrected chi connectivity index (χ4v) is 2.75. The Balaban J connectivity index is 1.76. The number of ether oxygens (including phenoxy) is 1. The summed E-state index contributed by atoms with van der Waals surface area (Å²) < 4.78 is 5.65. The maximum atomic E-state index is 10.3. The average Bonchev–Trinajstić information content (AvgIpc) is 3.09. The Morgan fingerprint density at radius 1 is 1.41 bits per heavy atom. The standard InChI is InChI=1S/C15H20O2/c1-15(7-8-15)14(16)10-11-6-9-17-13-5-3-2-4-12(11)13/h2-5,11,14,16H,6-10H2,1H3. The van der Waals surface area contributed by atoms with E-state index in [1.165, 1.54) is 18.4 Å². The molecule has 1 aliphatic heterocycles. The number of benzene rings is 1. The van der Waals surface area contributed by atoms with Crippen molar-refractivity contribution in [1.82, 2.24) is 0 Å². The summed E-state index contributed by atoms with van der Waals surface area (Å²) in [6.07, 6.45) is 4.12. The van der Waals surface area contributed by atoms with Gasteiger partial charge in [0.05, 0.1) is 12.7 Å². The molecule has 1 N–H and O–H groups in total. The zero-order valence-electron chi connectivity index (χ0n) is 10.4. The molecule has 1 aliphatic carbocycles. The first-order valence-electron chi connectivity index (χ1n) is 6.59. The summed E-state index contributed by atoms with van der Waals surface area (Å²) in [5, 5.41) is 10.3. The topological polar surface area (TPSA) is 29.5 Å².